The molecule has 1 aromatic heterocycles. The summed E-state index contributed by atoms with van der Waals surface area (Å²) in [5.74, 6) is 2.25. The average molecular weight is 277 g/mol. The highest BCUT2D eigenvalue weighted by Gasteiger charge is 2.11. The van der Waals surface area contributed by atoms with Crippen LogP contribution >= 0.6 is 11.6 Å². The summed E-state index contributed by atoms with van der Waals surface area (Å²) in [4.78, 5) is 3.94. The molecule has 0 atom stereocenters. The van der Waals surface area contributed by atoms with Crippen molar-refractivity contribution in [3.05, 3.63) is 46.6 Å². The van der Waals surface area contributed by atoms with E-state index in [1.165, 1.54) is 0 Å². The number of hydrogen-bond acceptors (Lipinski definition) is 3. The fraction of sp³-hybridized carbons (Fsp3) is 0.267. The molecule has 0 spiro atoms. The first-order valence-electron chi connectivity index (χ1n) is 6.17. The fourth-order valence-corrected chi connectivity index (χ4v) is 2.28. The Morgan fingerprint density at radius 1 is 1.26 bits per heavy atom. The summed E-state index contributed by atoms with van der Waals surface area (Å²) in [6, 6.07) is 7.39. The van der Waals surface area contributed by atoms with Crippen LogP contribution in [0.1, 0.15) is 30.9 Å². The lowest BCUT2D eigenvalue weighted by Crippen LogP contribution is -1.95. The highest BCUT2D eigenvalue weighted by Crippen LogP contribution is 2.33. The van der Waals surface area contributed by atoms with Gasteiger partial charge in [0.05, 0.1) is 0 Å². The number of benzene rings is 1. The number of nitrogen functional groups attached to an aromatic ring is 1. The van der Waals surface area contributed by atoms with Gasteiger partial charge in [0, 0.05) is 17.3 Å². The third kappa shape index (κ3) is 3.18. The van der Waals surface area contributed by atoms with Crippen LogP contribution in [0, 0.1) is 6.92 Å². The summed E-state index contributed by atoms with van der Waals surface area (Å²) in [5.41, 5.74) is 7.70. The Hall–Kier alpha value is -1.74. The molecule has 0 amide bonds. The minimum Gasteiger partial charge on any atom is -0.457 e. The Labute approximate surface area is 118 Å². The molecular weight excluding hydrogens is 260 g/mol. The number of hydrogen-bond donors (Lipinski definition) is 1. The predicted octanol–water partition coefficient (Wildman–Crippen LogP) is 4.54. The maximum atomic E-state index is 6.24. The van der Waals surface area contributed by atoms with Crippen LogP contribution in [0.15, 0.2) is 30.5 Å². The molecule has 100 valence electrons. The summed E-state index contributed by atoms with van der Waals surface area (Å²) < 4.78 is 5.86. The topological polar surface area (TPSA) is 48.1 Å². The third-order valence-corrected chi connectivity index (χ3v) is 3.22. The molecule has 0 bridgehead atoms. The normalized spacial score (nSPS) is 10.8. The maximum Gasteiger partial charge on any atom is 0.132 e. The van der Waals surface area contributed by atoms with Crippen LogP contribution in [0.3, 0.4) is 0 Å². The number of rotatable bonds is 3. The molecule has 0 aliphatic rings. The van der Waals surface area contributed by atoms with Crippen LogP contribution in [0.5, 0.6) is 11.5 Å². The van der Waals surface area contributed by atoms with Crippen molar-refractivity contribution >= 4 is 17.4 Å². The monoisotopic (exact) mass is 276 g/mol. The van der Waals surface area contributed by atoms with Gasteiger partial charge >= 0.3 is 0 Å². The van der Waals surface area contributed by atoms with Crippen molar-refractivity contribution in [2.24, 2.45) is 0 Å². The fourth-order valence-electron chi connectivity index (χ4n) is 1.84. The smallest absolute Gasteiger partial charge is 0.132 e. The Morgan fingerprint density at radius 3 is 2.63 bits per heavy atom. The van der Waals surface area contributed by atoms with Crippen molar-refractivity contribution in [1.29, 1.82) is 0 Å². The molecule has 3 nitrogen and oxygen atoms in total. The number of anilines is 1. The van der Waals surface area contributed by atoms with Crippen molar-refractivity contribution in [3.8, 4) is 11.5 Å². The van der Waals surface area contributed by atoms with Crippen LogP contribution in [-0.4, -0.2) is 4.98 Å². The average Bonchev–Trinajstić information content (AvgIpc) is 2.32. The number of nitrogens with zero attached hydrogens (tertiary/aromatic N) is 1. The summed E-state index contributed by atoms with van der Waals surface area (Å²) in [5, 5.41) is 0.772. The predicted molar refractivity (Wildman–Crippen MR) is 79.0 cm³/mol. The van der Waals surface area contributed by atoms with E-state index in [0.29, 0.717) is 17.5 Å². The molecule has 19 heavy (non-hydrogen) atoms. The first kappa shape index (κ1) is 13.7. The largest absolute Gasteiger partial charge is 0.457 e. The quantitative estimate of drug-likeness (QED) is 0.895. The second kappa shape index (κ2) is 5.49. The summed E-state index contributed by atoms with van der Waals surface area (Å²) in [6.07, 6.45) is 1.62. The molecule has 1 heterocycles. The zero-order chi connectivity index (χ0) is 14.0. The van der Waals surface area contributed by atoms with E-state index < -0.39 is 0 Å². The van der Waals surface area contributed by atoms with Crippen molar-refractivity contribution < 1.29 is 4.74 Å². The molecule has 0 unspecified atom stereocenters. The molecule has 2 rings (SSSR count). The highest BCUT2D eigenvalue weighted by atomic mass is 35.5. The first-order valence-corrected chi connectivity index (χ1v) is 6.54. The standard InChI is InChI=1S/C15H17ClN2O/c1-9(2)12-8-14(10(3)6-13(12)16)19-11-4-5-18-15(17)7-11/h4-9H,1-3H3,(H2,17,18). The van der Waals surface area contributed by atoms with Gasteiger partial charge in [-0.25, -0.2) is 4.98 Å². The number of ether oxygens (including phenoxy) is 1. The van der Waals surface area contributed by atoms with Gasteiger partial charge < -0.3 is 10.5 Å². The van der Waals surface area contributed by atoms with Crippen LogP contribution in [-0.2, 0) is 0 Å². The van der Waals surface area contributed by atoms with Gasteiger partial charge in [-0.2, -0.15) is 0 Å². The Kier molecular flexibility index (Phi) is 3.96. The number of halogens is 1. The van der Waals surface area contributed by atoms with Crippen molar-refractivity contribution in [3.63, 3.8) is 0 Å². The minimum atomic E-state index is 0.345. The number of pyridine rings is 1. The SMILES string of the molecule is Cc1cc(Cl)c(C(C)C)cc1Oc1ccnc(N)c1. The number of nitrogens with two attached hydrogens (primary N) is 1. The van der Waals surface area contributed by atoms with Crippen LogP contribution in [0.2, 0.25) is 5.02 Å². The molecule has 0 aliphatic heterocycles. The molecule has 0 fully saturated rings. The Morgan fingerprint density at radius 2 is 2.00 bits per heavy atom. The van der Waals surface area contributed by atoms with Gasteiger partial charge in [0.2, 0.25) is 0 Å². The van der Waals surface area contributed by atoms with Gasteiger partial charge in [-0.15, -0.1) is 0 Å². The minimum absolute atomic E-state index is 0.345. The molecule has 2 aromatic rings. The van der Waals surface area contributed by atoms with E-state index in [1.54, 1.807) is 18.3 Å². The van der Waals surface area contributed by atoms with Crippen LogP contribution in [0.4, 0.5) is 5.82 Å². The van der Waals surface area contributed by atoms with E-state index in [4.69, 9.17) is 22.1 Å². The van der Waals surface area contributed by atoms with E-state index in [-0.39, 0.29) is 0 Å². The van der Waals surface area contributed by atoms with Crippen molar-refractivity contribution in [2.45, 2.75) is 26.7 Å². The van der Waals surface area contributed by atoms with Gasteiger partial charge in [0.1, 0.15) is 17.3 Å². The zero-order valence-corrected chi connectivity index (χ0v) is 12.0. The number of aromatic nitrogens is 1. The summed E-state index contributed by atoms with van der Waals surface area (Å²) in [6.45, 7) is 6.17. The second-order valence-corrected chi connectivity index (χ2v) is 5.22. The van der Waals surface area contributed by atoms with E-state index in [0.717, 1.165) is 21.9 Å². The lowest BCUT2D eigenvalue weighted by molar-refractivity contribution is 0.477. The second-order valence-electron chi connectivity index (χ2n) is 4.81. The highest BCUT2D eigenvalue weighted by molar-refractivity contribution is 6.31. The first-order chi connectivity index (χ1) is 8.97. The van der Waals surface area contributed by atoms with E-state index >= 15 is 0 Å². The van der Waals surface area contributed by atoms with Gasteiger partial charge in [-0.3, -0.25) is 0 Å². The van der Waals surface area contributed by atoms with Crippen molar-refractivity contribution in [1.82, 2.24) is 4.98 Å². The molecule has 1 aromatic carbocycles. The van der Waals surface area contributed by atoms with Crippen LogP contribution < -0.4 is 10.5 Å². The van der Waals surface area contributed by atoms with Gasteiger partial charge in [0.25, 0.3) is 0 Å². The molecule has 2 N–H and O–H groups in total. The molecule has 0 aliphatic carbocycles. The molecule has 0 saturated carbocycles. The molecular formula is C15H17ClN2O. The summed E-state index contributed by atoms with van der Waals surface area (Å²) >= 11 is 6.24. The number of aryl methyl sites for hydroxylation is 1. The lowest BCUT2D eigenvalue weighted by atomic mass is 10.0. The van der Waals surface area contributed by atoms with E-state index in [2.05, 4.69) is 18.8 Å². The van der Waals surface area contributed by atoms with E-state index in [9.17, 15) is 0 Å². The zero-order valence-electron chi connectivity index (χ0n) is 11.3. The Bertz CT molecular complexity index is 597. The Balaban J connectivity index is 2.37. The van der Waals surface area contributed by atoms with Gasteiger partial charge in [-0.1, -0.05) is 25.4 Å². The van der Waals surface area contributed by atoms with Gasteiger partial charge in [-0.05, 0) is 42.2 Å². The van der Waals surface area contributed by atoms with E-state index in [1.807, 2.05) is 19.1 Å². The molecule has 4 heteroatoms. The van der Waals surface area contributed by atoms with Gasteiger partial charge in [0.15, 0.2) is 0 Å². The third-order valence-electron chi connectivity index (χ3n) is 2.90. The van der Waals surface area contributed by atoms with Crippen LogP contribution in [0.25, 0.3) is 0 Å². The summed E-state index contributed by atoms with van der Waals surface area (Å²) in [7, 11) is 0. The lowest BCUT2D eigenvalue weighted by Gasteiger charge is -2.14. The molecule has 0 saturated heterocycles. The maximum absolute atomic E-state index is 6.24. The van der Waals surface area contributed by atoms with Crippen molar-refractivity contribution in [2.75, 3.05) is 5.73 Å². The molecule has 0 radical (unpaired) electrons.